The predicted octanol–water partition coefficient (Wildman–Crippen LogP) is 7.96. The summed E-state index contributed by atoms with van der Waals surface area (Å²) in [5.74, 6) is -2.77. The van der Waals surface area contributed by atoms with Crippen LogP contribution in [-0.2, 0) is 25.5 Å². The molecule has 7 aliphatic rings. The van der Waals surface area contributed by atoms with Gasteiger partial charge >= 0.3 is 11.9 Å². The Morgan fingerprint density at radius 2 is 1.65 bits per heavy atom. The number of nitrogens with zero attached hydrogens (tertiary/aromatic N) is 1. The highest BCUT2D eigenvalue weighted by Crippen LogP contribution is 2.68. The van der Waals surface area contributed by atoms with Crippen LogP contribution in [0.4, 0.5) is 5.69 Å². The molecule has 5 N–H and O–H groups in total. The van der Waals surface area contributed by atoms with Crippen molar-refractivity contribution in [3.05, 3.63) is 112 Å². The summed E-state index contributed by atoms with van der Waals surface area (Å²) >= 11 is 1.54. The van der Waals surface area contributed by atoms with E-state index in [0.717, 1.165) is 10.5 Å². The number of carbonyl (C=O) groups excluding carboxylic acids is 3. The molecule has 1 saturated heterocycles. The van der Waals surface area contributed by atoms with E-state index in [1.165, 1.54) is 48.7 Å². The van der Waals surface area contributed by atoms with Crippen molar-refractivity contribution in [2.24, 2.45) is 28.7 Å². The van der Waals surface area contributed by atoms with Crippen LogP contribution < -0.4 is 18.9 Å². The van der Waals surface area contributed by atoms with Crippen molar-refractivity contribution in [1.29, 1.82) is 0 Å². The topological polar surface area (TPSA) is 220 Å². The predicted molar refractivity (Wildman–Crippen MR) is 278 cm³/mol. The SMILES string of the molecule is COC(=O)C(C)=CCC1(O)C(=O)C2CC(C(C)C)C13Oc1c(CC=C(C)C)c4c(c(OC(=O)c5ccc(O[C@H]6O[C@@H](CO)[C@H](O)[C@@H](O)[C@@H]6O)cc5)c1C1=Nc5ccccc5SC2C13)C=CC(C)(CCC=C(C)C)O4. The molecule has 3 saturated carbocycles. The number of ether oxygens (including phenoxy) is 6. The highest BCUT2D eigenvalue weighted by molar-refractivity contribution is 8.00. The van der Waals surface area contributed by atoms with Crippen LogP contribution in [0.1, 0.15) is 108 Å². The maximum Gasteiger partial charge on any atom is 0.343 e. The highest BCUT2D eigenvalue weighted by Gasteiger charge is 2.78. The van der Waals surface area contributed by atoms with Crippen LogP contribution in [0.25, 0.3) is 6.08 Å². The Morgan fingerprint density at radius 3 is 2.32 bits per heavy atom. The number of benzene rings is 3. The van der Waals surface area contributed by atoms with Crippen LogP contribution in [0.5, 0.6) is 23.0 Å². The van der Waals surface area contributed by atoms with E-state index >= 15 is 4.79 Å². The lowest BCUT2D eigenvalue weighted by molar-refractivity contribution is -0.277. The van der Waals surface area contributed by atoms with Gasteiger partial charge in [-0.05, 0) is 122 Å². The quantitative estimate of drug-likeness (QED) is 0.0448. The third kappa shape index (κ3) is 9.13. The molecule has 7 unspecified atom stereocenters. The van der Waals surface area contributed by atoms with Gasteiger partial charge in [-0.1, -0.05) is 55.4 Å². The Bertz CT molecular complexity index is 2880. The first-order valence-electron chi connectivity index (χ1n) is 25.4. The molecule has 15 nitrogen and oxygen atoms in total. The molecule has 4 fully saturated rings. The standard InChI is InChI=1S/C58H67NO14S/c1-29(2)13-12-24-56(8)25-23-36-48(72-56)35(21-16-30(3)4)50-42(49(36)71-54(66)33-17-19-34(20-18-33)69-55-47(63)46(62)45(61)40(28-60)70-55)44-43-51(74-41-15-11-10-14-39(41)59-44)37-27-38(31(5)6)58(43,73-50)57(67,52(37)64)26-22-32(7)53(65)68-9/h10-11,13-20,22-23,25,31,37-38,40,43,45-47,51,55,60-63,67H,12,21,24,26-28H2,1-9H3/t37?,38?,40-,43?,45-,46+,47-,51?,55-,56?,57?,58?/m0/s1. The second kappa shape index (κ2) is 20.5. The van der Waals surface area contributed by atoms with Crippen LogP contribution in [0.15, 0.2) is 99.4 Å². The lowest BCUT2D eigenvalue weighted by atomic mass is 9.44. The number of carbonyl (C=O) groups is 3. The van der Waals surface area contributed by atoms with E-state index in [0.29, 0.717) is 59.5 Å². The number of aliphatic hydroxyl groups is 5. The van der Waals surface area contributed by atoms with Crippen molar-refractivity contribution in [3.8, 4) is 23.0 Å². The van der Waals surface area contributed by atoms with Gasteiger partial charge in [0.25, 0.3) is 0 Å². The number of aliphatic imine (C=N–C) groups is 1. The van der Waals surface area contributed by atoms with Crippen LogP contribution in [0.3, 0.4) is 0 Å². The van der Waals surface area contributed by atoms with Crippen LogP contribution in [0.2, 0.25) is 0 Å². The van der Waals surface area contributed by atoms with Crippen molar-refractivity contribution in [1.82, 2.24) is 0 Å². The first-order valence-corrected chi connectivity index (χ1v) is 26.3. The van der Waals surface area contributed by atoms with Gasteiger partial charge in [0, 0.05) is 39.5 Å². The minimum Gasteiger partial charge on any atom is -0.482 e. The molecule has 4 heterocycles. The Balaban J connectivity index is 1.27. The Hall–Kier alpha value is -5.59. The van der Waals surface area contributed by atoms with E-state index in [4.69, 9.17) is 33.4 Å². The fourth-order valence-electron chi connectivity index (χ4n) is 11.7. The molecular formula is C58H67NO14S. The van der Waals surface area contributed by atoms with Gasteiger partial charge in [0.2, 0.25) is 6.29 Å². The fourth-order valence-corrected chi connectivity index (χ4v) is 13.2. The first kappa shape index (κ1) is 53.2. The summed E-state index contributed by atoms with van der Waals surface area (Å²) in [6, 6.07) is 13.6. The van der Waals surface area contributed by atoms with Gasteiger partial charge < -0.3 is 54.0 Å². The molecule has 394 valence electrons. The molecule has 12 atom stereocenters. The number of fused-ring (bicyclic) bond motifs is 6. The number of esters is 2. The molecule has 0 amide bonds. The molecule has 0 radical (unpaired) electrons. The number of allylic oxidation sites excluding steroid dienone is 4. The lowest BCUT2D eigenvalue weighted by Crippen LogP contribution is -2.82. The summed E-state index contributed by atoms with van der Waals surface area (Å²) in [4.78, 5) is 49.6. The molecule has 10 rings (SSSR count). The molecule has 3 aromatic rings. The molecule has 1 spiro atoms. The Morgan fingerprint density at radius 1 is 0.932 bits per heavy atom. The number of Topliss-reactive ketones (excluding diaryl/α,β-unsaturated/α-hetero) is 1. The number of thioether (sulfide) groups is 1. The average molecular weight is 1030 g/mol. The lowest BCUT2D eigenvalue weighted by Gasteiger charge is -2.67. The van der Waals surface area contributed by atoms with E-state index in [2.05, 4.69) is 26.0 Å². The van der Waals surface area contributed by atoms with Gasteiger partial charge in [-0.15, -0.1) is 11.8 Å². The average Bonchev–Trinajstić information content (AvgIpc) is 3.55. The minimum atomic E-state index is -2.18. The van der Waals surface area contributed by atoms with Gasteiger partial charge in [0.1, 0.15) is 47.3 Å². The summed E-state index contributed by atoms with van der Waals surface area (Å²) in [6.07, 6.45) is 3.96. The molecule has 2 bridgehead atoms. The van der Waals surface area contributed by atoms with Gasteiger partial charge in [0.05, 0.1) is 47.7 Å². The van der Waals surface area contributed by atoms with Gasteiger partial charge in [0.15, 0.2) is 22.7 Å². The molecule has 0 aromatic heterocycles. The van der Waals surface area contributed by atoms with E-state index in [1.54, 1.807) is 13.0 Å². The number of hydrogen-bond acceptors (Lipinski definition) is 16. The van der Waals surface area contributed by atoms with Crippen molar-refractivity contribution < 1.29 is 68.3 Å². The van der Waals surface area contributed by atoms with Crippen LogP contribution in [-0.4, -0.2) is 115 Å². The normalized spacial score (nSPS) is 31.3. The summed E-state index contributed by atoms with van der Waals surface area (Å²) in [7, 11) is 1.28. The van der Waals surface area contributed by atoms with E-state index < -0.39 is 89.1 Å². The summed E-state index contributed by atoms with van der Waals surface area (Å²) in [5.41, 5.74) is 0.427. The Kier molecular flexibility index (Phi) is 14.8. The maximum atomic E-state index is 15.5. The molecular weight excluding hydrogens is 967 g/mol. The van der Waals surface area contributed by atoms with E-state index in [9.17, 15) is 35.1 Å². The summed E-state index contributed by atoms with van der Waals surface area (Å²) in [5, 5.41) is 54.3. The zero-order valence-electron chi connectivity index (χ0n) is 43.3. The second-order valence-corrected chi connectivity index (χ2v) is 22.7. The highest BCUT2D eigenvalue weighted by atomic mass is 32.2. The van der Waals surface area contributed by atoms with Crippen LogP contribution >= 0.6 is 11.8 Å². The third-order valence-corrected chi connectivity index (χ3v) is 17.0. The van der Waals surface area contributed by atoms with E-state index in [-0.39, 0.29) is 46.5 Å². The van der Waals surface area contributed by atoms with Crippen molar-refractivity contribution in [2.45, 2.75) is 145 Å². The largest absolute Gasteiger partial charge is 0.482 e. The number of ketones is 1. The second-order valence-electron chi connectivity index (χ2n) is 21.5. The molecule has 74 heavy (non-hydrogen) atoms. The zero-order chi connectivity index (χ0) is 53.2. The number of aliphatic hydroxyl groups excluding tert-OH is 4. The molecule has 3 aliphatic carbocycles. The third-order valence-electron chi connectivity index (χ3n) is 15.6. The van der Waals surface area contributed by atoms with Crippen molar-refractivity contribution >= 4 is 47.0 Å². The maximum absolute atomic E-state index is 15.5. The smallest absolute Gasteiger partial charge is 0.343 e. The van der Waals surface area contributed by atoms with Crippen molar-refractivity contribution in [2.75, 3.05) is 13.7 Å². The number of para-hydroxylation sites is 1. The number of hydrogen-bond donors (Lipinski definition) is 5. The fraction of sp³-hybridized carbons (Fsp3) is 0.483. The molecule has 3 aromatic carbocycles. The van der Waals surface area contributed by atoms with Gasteiger partial charge in [-0.25, -0.2) is 9.59 Å². The Labute approximate surface area is 436 Å². The van der Waals surface area contributed by atoms with Crippen molar-refractivity contribution in [3.63, 3.8) is 0 Å². The molecule has 4 aliphatic heterocycles. The van der Waals surface area contributed by atoms with E-state index in [1.807, 2.05) is 71.0 Å². The van der Waals surface area contributed by atoms with Gasteiger partial charge in [-0.2, -0.15) is 0 Å². The first-order chi connectivity index (χ1) is 35.2. The van der Waals surface area contributed by atoms with Crippen LogP contribution in [0, 0.1) is 23.7 Å². The van der Waals surface area contributed by atoms with Gasteiger partial charge in [-0.3, -0.25) is 9.79 Å². The number of methoxy groups -OCH3 is 1. The zero-order valence-corrected chi connectivity index (χ0v) is 44.1. The molecule has 16 heteroatoms. The monoisotopic (exact) mass is 1030 g/mol. The number of rotatable bonds is 14. The minimum absolute atomic E-state index is 0.105. The summed E-state index contributed by atoms with van der Waals surface area (Å²) in [6.45, 7) is 15.2. The summed E-state index contributed by atoms with van der Waals surface area (Å²) < 4.78 is 38.2.